The molecular formula is C18H26FNO. The Bertz CT molecular complexity index is 476. The van der Waals surface area contributed by atoms with Crippen LogP contribution < -0.4 is 5.73 Å². The van der Waals surface area contributed by atoms with Gasteiger partial charge >= 0.3 is 0 Å². The van der Waals surface area contributed by atoms with Gasteiger partial charge in [0.15, 0.2) is 0 Å². The highest BCUT2D eigenvalue weighted by molar-refractivity contribution is 5.38. The van der Waals surface area contributed by atoms with Crippen molar-refractivity contribution in [2.24, 2.45) is 11.7 Å². The molecule has 0 aliphatic heterocycles. The molecule has 0 amide bonds. The minimum atomic E-state index is -0.311. The van der Waals surface area contributed by atoms with Crippen LogP contribution in [-0.2, 0) is 11.3 Å². The van der Waals surface area contributed by atoms with E-state index in [2.05, 4.69) is 25.7 Å². The fourth-order valence-corrected chi connectivity index (χ4v) is 2.15. The molecule has 0 radical (unpaired) electrons. The van der Waals surface area contributed by atoms with Crippen LogP contribution in [0.5, 0.6) is 0 Å². The summed E-state index contributed by atoms with van der Waals surface area (Å²) in [6, 6.07) is 4.93. The van der Waals surface area contributed by atoms with Gasteiger partial charge in [-0.3, -0.25) is 0 Å². The van der Waals surface area contributed by atoms with E-state index in [9.17, 15) is 4.39 Å². The predicted molar refractivity (Wildman–Crippen MR) is 85.3 cm³/mol. The van der Waals surface area contributed by atoms with Gasteiger partial charge in [0.05, 0.1) is 18.7 Å². The normalized spacial score (nSPS) is 11.8. The van der Waals surface area contributed by atoms with Crippen LogP contribution in [0.25, 0.3) is 0 Å². The molecule has 1 aromatic rings. The van der Waals surface area contributed by atoms with Crippen LogP contribution in [0.1, 0.15) is 50.7 Å². The maximum Gasteiger partial charge on any atom is 0.138 e. The Morgan fingerprint density at radius 3 is 2.81 bits per heavy atom. The second-order valence-corrected chi connectivity index (χ2v) is 5.25. The first-order valence-electron chi connectivity index (χ1n) is 7.76. The van der Waals surface area contributed by atoms with Gasteiger partial charge in [-0.05, 0) is 30.0 Å². The molecular weight excluding hydrogens is 265 g/mol. The molecule has 2 N–H and O–H groups in total. The molecule has 0 saturated carbocycles. The summed E-state index contributed by atoms with van der Waals surface area (Å²) in [6.45, 7) is 5.89. The molecule has 1 atom stereocenters. The Balaban J connectivity index is 2.51. The van der Waals surface area contributed by atoms with Crippen molar-refractivity contribution >= 4 is 0 Å². The predicted octanol–water partition coefficient (Wildman–Crippen LogP) is 3.87. The molecule has 1 unspecified atom stereocenters. The zero-order valence-electron chi connectivity index (χ0n) is 13.1. The third-order valence-electron chi connectivity index (χ3n) is 3.52. The summed E-state index contributed by atoms with van der Waals surface area (Å²) < 4.78 is 19.3. The summed E-state index contributed by atoms with van der Waals surface area (Å²) in [5, 5.41) is 0. The first-order valence-corrected chi connectivity index (χ1v) is 7.76. The lowest BCUT2D eigenvalue weighted by Crippen LogP contribution is -2.09. The number of unbranched alkanes of at least 4 members (excludes halogenated alkanes) is 1. The maximum absolute atomic E-state index is 13.6. The van der Waals surface area contributed by atoms with Crippen molar-refractivity contribution in [2.75, 3.05) is 13.2 Å². The van der Waals surface area contributed by atoms with Gasteiger partial charge in [0.25, 0.3) is 0 Å². The largest absolute Gasteiger partial charge is 0.376 e. The number of nitrogens with two attached hydrogens (primary N) is 1. The van der Waals surface area contributed by atoms with Gasteiger partial charge in [-0.15, -0.1) is 0 Å². The average molecular weight is 291 g/mol. The van der Waals surface area contributed by atoms with Crippen LogP contribution in [-0.4, -0.2) is 13.2 Å². The zero-order chi connectivity index (χ0) is 15.5. The monoisotopic (exact) mass is 291 g/mol. The number of benzene rings is 1. The average Bonchev–Trinajstić information content (AvgIpc) is 2.50. The Hall–Kier alpha value is -1.37. The maximum atomic E-state index is 13.6. The van der Waals surface area contributed by atoms with E-state index in [1.807, 2.05) is 0 Å². The van der Waals surface area contributed by atoms with Crippen molar-refractivity contribution in [3.8, 4) is 11.8 Å². The lowest BCUT2D eigenvalue weighted by atomic mass is 10.0. The standard InChI is InChI=1S/C18H26FNO/c1-3-5-7-15(4-2)13-21-14-16-9-10-18(19)17(12-16)8-6-11-20/h9-10,12,15H,3-5,7,11,13-14,20H2,1-2H3. The minimum Gasteiger partial charge on any atom is -0.376 e. The van der Waals surface area contributed by atoms with Crippen LogP contribution in [0.15, 0.2) is 18.2 Å². The van der Waals surface area contributed by atoms with Gasteiger partial charge in [0.1, 0.15) is 5.82 Å². The Morgan fingerprint density at radius 1 is 1.33 bits per heavy atom. The highest BCUT2D eigenvalue weighted by Crippen LogP contribution is 2.15. The van der Waals surface area contributed by atoms with Gasteiger partial charge < -0.3 is 10.5 Å². The number of halogens is 1. The molecule has 0 spiro atoms. The van der Waals surface area contributed by atoms with Crippen LogP contribution in [0.3, 0.4) is 0 Å². The molecule has 0 aliphatic carbocycles. The van der Waals surface area contributed by atoms with E-state index >= 15 is 0 Å². The first kappa shape index (κ1) is 17.7. The van der Waals surface area contributed by atoms with E-state index in [-0.39, 0.29) is 12.4 Å². The fraction of sp³-hybridized carbons (Fsp3) is 0.556. The quantitative estimate of drug-likeness (QED) is 0.738. The molecule has 1 rings (SSSR count). The lowest BCUT2D eigenvalue weighted by molar-refractivity contribution is 0.0819. The van der Waals surface area contributed by atoms with E-state index < -0.39 is 0 Å². The first-order chi connectivity index (χ1) is 10.2. The molecule has 0 bridgehead atoms. The molecule has 0 aromatic heterocycles. The van der Waals surface area contributed by atoms with Crippen molar-refractivity contribution in [1.29, 1.82) is 0 Å². The van der Waals surface area contributed by atoms with E-state index in [0.29, 0.717) is 18.1 Å². The second kappa shape index (κ2) is 10.4. The van der Waals surface area contributed by atoms with Crippen molar-refractivity contribution < 1.29 is 9.13 Å². The molecule has 0 fully saturated rings. The van der Waals surface area contributed by atoms with Crippen LogP contribution >= 0.6 is 0 Å². The van der Waals surface area contributed by atoms with Crippen molar-refractivity contribution in [1.82, 2.24) is 0 Å². The molecule has 116 valence electrons. The summed E-state index contributed by atoms with van der Waals surface area (Å²) in [6.07, 6.45) is 4.81. The smallest absolute Gasteiger partial charge is 0.138 e. The molecule has 3 heteroatoms. The summed E-state index contributed by atoms with van der Waals surface area (Å²) in [5.41, 5.74) is 6.65. The SMILES string of the molecule is CCCCC(CC)COCc1ccc(F)c(C#CCN)c1. The summed E-state index contributed by atoms with van der Waals surface area (Å²) in [7, 11) is 0. The Kier molecular flexibility index (Phi) is 8.73. The van der Waals surface area contributed by atoms with E-state index in [4.69, 9.17) is 10.5 Å². The van der Waals surface area contributed by atoms with Crippen LogP contribution in [0, 0.1) is 23.6 Å². The minimum absolute atomic E-state index is 0.232. The van der Waals surface area contributed by atoms with Gasteiger partial charge in [-0.2, -0.15) is 0 Å². The van der Waals surface area contributed by atoms with Gasteiger partial charge in [0, 0.05) is 6.61 Å². The Morgan fingerprint density at radius 2 is 2.14 bits per heavy atom. The van der Waals surface area contributed by atoms with Crippen LogP contribution in [0.2, 0.25) is 0 Å². The summed E-state index contributed by atoms with van der Waals surface area (Å²) in [5.74, 6) is 5.72. The van der Waals surface area contributed by atoms with Crippen molar-refractivity contribution in [2.45, 2.75) is 46.1 Å². The molecule has 0 saturated heterocycles. The number of hydrogen-bond donors (Lipinski definition) is 1. The number of ether oxygens (including phenoxy) is 1. The number of hydrogen-bond acceptors (Lipinski definition) is 2. The number of rotatable bonds is 8. The van der Waals surface area contributed by atoms with Crippen LogP contribution in [0.4, 0.5) is 4.39 Å². The highest BCUT2D eigenvalue weighted by Gasteiger charge is 2.07. The van der Waals surface area contributed by atoms with Crippen molar-refractivity contribution in [3.63, 3.8) is 0 Å². The summed E-state index contributed by atoms with van der Waals surface area (Å²) in [4.78, 5) is 0. The summed E-state index contributed by atoms with van der Waals surface area (Å²) >= 11 is 0. The third kappa shape index (κ3) is 6.75. The molecule has 0 heterocycles. The Labute approximate surface area is 127 Å². The third-order valence-corrected chi connectivity index (χ3v) is 3.52. The van der Waals surface area contributed by atoms with Gasteiger partial charge in [-0.1, -0.05) is 51.0 Å². The molecule has 1 aromatic carbocycles. The molecule has 21 heavy (non-hydrogen) atoms. The van der Waals surface area contributed by atoms with E-state index in [0.717, 1.165) is 18.6 Å². The fourth-order valence-electron chi connectivity index (χ4n) is 2.15. The van der Waals surface area contributed by atoms with Gasteiger partial charge in [0.2, 0.25) is 0 Å². The zero-order valence-corrected chi connectivity index (χ0v) is 13.1. The molecule has 0 aliphatic rings. The van der Waals surface area contributed by atoms with E-state index in [1.165, 1.54) is 25.3 Å². The lowest BCUT2D eigenvalue weighted by Gasteiger charge is -2.14. The highest BCUT2D eigenvalue weighted by atomic mass is 19.1. The van der Waals surface area contributed by atoms with Crippen molar-refractivity contribution in [3.05, 3.63) is 35.1 Å². The molecule has 2 nitrogen and oxygen atoms in total. The van der Waals surface area contributed by atoms with Gasteiger partial charge in [-0.25, -0.2) is 4.39 Å². The second-order valence-electron chi connectivity index (χ2n) is 5.25. The van der Waals surface area contributed by atoms with E-state index in [1.54, 1.807) is 12.1 Å². The topological polar surface area (TPSA) is 35.2 Å².